The van der Waals surface area contributed by atoms with Crippen molar-refractivity contribution in [1.82, 2.24) is 5.32 Å². The van der Waals surface area contributed by atoms with Gasteiger partial charge in [-0.05, 0) is 60.7 Å². The van der Waals surface area contributed by atoms with Crippen LogP contribution in [-0.4, -0.2) is 34.2 Å². The standard InChI is InChI=1S/C20H23ClN2O4S/c1-27-17-9-10-18-14(11-17)5-3-8-19(18)22-20(24)13-23(28(2,25)26)16-7-4-6-15(21)12-16/h4,6-7,9-12,19H,3,5,8,13H2,1-2H3,(H,22,24). The first kappa shape index (κ1) is 20.5. The van der Waals surface area contributed by atoms with Crippen LogP contribution in [0.3, 0.4) is 0 Å². The summed E-state index contributed by atoms with van der Waals surface area (Å²) < 4.78 is 30.8. The minimum Gasteiger partial charge on any atom is -0.497 e. The van der Waals surface area contributed by atoms with Gasteiger partial charge in [-0.25, -0.2) is 8.42 Å². The third kappa shape index (κ3) is 4.77. The summed E-state index contributed by atoms with van der Waals surface area (Å²) in [6.45, 7) is -0.304. The lowest BCUT2D eigenvalue weighted by Crippen LogP contribution is -2.42. The summed E-state index contributed by atoms with van der Waals surface area (Å²) >= 11 is 5.98. The molecular weight excluding hydrogens is 400 g/mol. The van der Waals surface area contributed by atoms with Gasteiger partial charge in [0.25, 0.3) is 0 Å². The Balaban J connectivity index is 1.78. The summed E-state index contributed by atoms with van der Waals surface area (Å²) in [4.78, 5) is 12.7. The van der Waals surface area contributed by atoms with Crippen LogP contribution in [0.4, 0.5) is 5.69 Å². The molecule has 0 spiro atoms. The Morgan fingerprint density at radius 1 is 1.29 bits per heavy atom. The number of hydrogen-bond donors (Lipinski definition) is 1. The highest BCUT2D eigenvalue weighted by atomic mass is 35.5. The number of aryl methyl sites for hydroxylation is 1. The third-order valence-electron chi connectivity index (χ3n) is 4.78. The topological polar surface area (TPSA) is 75.7 Å². The predicted molar refractivity (Wildman–Crippen MR) is 110 cm³/mol. The number of carbonyl (C=O) groups excluding carboxylic acids is 1. The fraction of sp³-hybridized carbons (Fsp3) is 0.350. The van der Waals surface area contributed by atoms with E-state index >= 15 is 0 Å². The van der Waals surface area contributed by atoms with Crippen LogP contribution in [0.5, 0.6) is 5.75 Å². The molecule has 2 aromatic carbocycles. The fourth-order valence-corrected chi connectivity index (χ4v) is 4.50. The summed E-state index contributed by atoms with van der Waals surface area (Å²) in [5, 5.41) is 3.38. The smallest absolute Gasteiger partial charge is 0.241 e. The number of carbonyl (C=O) groups is 1. The maximum Gasteiger partial charge on any atom is 0.241 e. The minimum atomic E-state index is -3.64. The van der Waals surface area contributed by atoms with E-state index in [0.717, 1.165) is 46.7 Å². The lowest BCUT2D eigenvalue weighted by molar-refractivity contribution is -0.120. The number of anilines is 1. The Hall–Kier alpha value is -2.25. The summed E-state index contributed by atoms with van der Waals surface area (Å²) in [5.41, 5.74) is 2.55. The van der Waals surface area contributed by atoms with E-state index in [9.17, 15) is 13.2 Å². The number of nitrogens with zero attached hydrogens (tertiary/aromatic N) is 1. The number of rotatable bonds is 6. The Labute approximate surface area is 170 Å². The van der Waals surface area contributed by atoms with Crippen LogP contribution in [0.15, 0.2) is 42.5 Å². The van der Waals surface area contributed by atoms with Crippen LogP contribution in [0.2, 0.25) is 5.02 Å². The summed E-state index contributed by atoms with van der Waals surface area (Å²) in [7, 11) is -2.02. The van der Waals surface area contributed by atoms with Gasteiger partial charge in [0, 0.05) is 5.02 Å². The molecule has 3 rings (SSSR count). The van der Waals surface area contributed by atoms with Crippen molar-refractivity contribution in [2.75, 3.05) is 24.2 Å². The molecule has 0 aromatic heterocycles. The largest absolute Gasteiger partial charge is 0.497 e. The average Bonchev–Trinajstić information content (AvgIpc) is 2.65. The molecule has 0 bridgehead atoms. The quantitative estimate of drug-likeness (QED) is 0.774. The number of fused-ring (bicyclic) bond motifs is 1. The van der Waals surface area contributed by atoms with Crippen molar-refractivity contribution in [3.8, 4) is 5.75 Å². The van der Waals surface area contributed by atoms with E-state index in [4.69, 9.17) is 16.3 Å². The Bertz CT molecular complexity index is 978. The highest BCUT2D eigenvalue weighted by Gasteiger charge is 2.25. The third-order valence-corrected chi connectivity index (χ3v) is 6.16. The number of ether oxygens (including phenoxy) is 1. The molecule has 0 saturated carbocycles. The number of nitrogens with one attached hydrogen (secondary N) is 1. The molecule has 1 aliphatic carbocycles. The number of amides is 1. The second kappa shape index (κ2) is 8.41. The summed E-state index contributed by atoms with van der Waals surface area (Å²) in [6, 6.07) is 12.1. The van der Waals surface area contributed by atoms with Gasteiger partial charge >= 0.3 is 0 Å². The van der Waals surface area contributed by atoms with Gasteiger partial charge in [0.2, 0.25) is 15.9 Å². The molecule has 1 unspecified atom stereocenters. The van der Waals surface area contributed by atoms with E-state index in [-0.39, 0.29) is 18.5 Å². The van der Waals surface area contributed by atoms with Crippen molar-refractivity contribution in [3.05, 3.63) is 58.6 Å². The lowest BCUT2D eigenvalue weighted by Gasteiger charge is -2.28. The van der Waals surface area contributed by atoms with E-state index in [2.05, 4.69) is 5.32 Å². The molecule has 1 atom stereocenters. The van der Waals surface area contributed by atoms with Crippen LogP contribution < -0.4 is 14.4 Å². The summed E-state index contributed by atoms with van der Waals surface area (Å²) in [6.07, 6.45) is 3.75. The highest BCUT2D eigenvalue weighted by Crippen LogP contribution is 2.32. The lowest BCUT2D eigenvalue weighted by atomic mass is 9.87. The van der Waals surface area contributed by atoms with Crippen molar-refractivity contribution >= 4 is 33.2 Å². The van der Waals surface area contributed by atoms with Gasteiger partial charge in [-0.15, -0.1) is 0 Å². The van der Waals surface area contributed by atoms with E-state index in [1.807, 2.05) is 18.2 Å². The summed E-state index contributed by atoms with van der Waals surface area (Å²) in [5.74, 6) is 0.425. The first-order valence-electron chi connectivity index (χ1n) is 8.97. The van der Waals surface area contributed by atoms with E-state index in [1.54, 1.807) is 25.3 Å². The van der Waals surface area contributed by atoms with E-state index in [0.29, 0.717) is 10.7 Å². The predicted octanol–water partition coefficient (Wildman–Crippen LogP) is 3.31. The number of benzene rings is 2. The zero-order valence-electron chi connectivity index (χ0n) is 15.8. The van der Waals surface area contributed by atoms with Crippen LogP contribution in [-0.2, 0) is 21.2 Å². The molecule has 0 fully saturated rings. The second-order valence-corrected chi connectivity index (χ2v) is 9.17. The number of sulfonamides is 1. The average molecular weight is 423 g/mol. The zero-order chi connectivity index (χ0) is 20.3. The van der Waals surface area contributed by atoms with Crippen LogP contribution in [0, 0.1) is 0 Å². The maximum absolute atomic E-state index is 12.7. The van der Waals surface area contributed by atoms with Crippen LogP contribution in [0.1, 0.15) is 30.0 Å². The Kier molecular flexibility index (Phi) is 6.15. The SMILES string of the molecule is COc1ccc2c(c1)CCCC2NC(=O)CN(c1cccc(Cl)c1)S(C)(=O)=O. The molecule has 0 radical (unpaired) electrons. The molecule has 0 heterocycles. The van der Waals surface area contributed by atoms with Crippen LogP contribution >= 0.6 is 11.6 Å². The molecule has 0 saturated heterocycles. The fourth-order valence-electron chi connectivity index (χ4n) is 3.47. The van der Waals surface area contributed by atoms with Crippen molar-refractivity contribution in [1.29, 1.82) is 0 Å². The molecule has 2 aromatic rings. The van der Waals surface area contributed by atoms with Gasteiger partial charge < -0.3 is 10.1 Å². The number of hydrogen-bond acceptors (Lipinski definition) is 4. The second-order valence-electron chi connectivity index (χ2n) is 6.83. The molecule has 150 valence electrons. The molecular formula is C20H23ClN2O4S. The Morgan fingerprint density at radius 2 is 2.07 bits per heavy atom. The van der Waals surface area contributed by atoms with Crippen molar-refractivity contribution < 1.29 is 17.9 Å². The first-order chi connectivity index (χ1) is 13.3. The normalized spacial score (nSPS) is 16.2. The molecule has 0 aliphatic heterocycles. The minimum absolute atomic E-state index is 0.150. The van der Waals surface area contributed by atoms with E-state index < -0.39 is 10.0 Å². The number of methoxy groups -OCH3 is 1. The van der Waals surface area contributed by atoms with Crippen molar-refractivity contribution in [2.45, 2.75) is 25.3 Å². The highest BCUT2D eigenvalue weighted by molar-refractivity contribution is 7.92. The van der Waals surface area contributed by atoms with Gasteiger partial charge in [-0.2, -0.15) is 0 Å². The molecule has 1 N–H and O–H groups in total. The van der Waals surface area contributed by atoms with Crippen LogP contribution in [0.25, 0.3) is 0 Å². The maximum atomic E-state index is 12.7. The van der Waals surface area contributed by atoms with E-state index in [1.165, 1.54) is 6.07 Å². The van der Waals surface area contributed by atoms with Gasteiger partial charge in [-0.3, -0.25) is 9.10 Å². The molecule has 8 heteroatoms. The van der Waals surface area contributed by atoms with Gasteiger partial charge in [-0.1, -0.05) is 23.7 Å². The van der Waals surface area contributed by atoms with Crippen molar-refractivity contribution in [3.63, 3.8) is 0 Å². The van der Waals surface area contributed by atoms with Crippen molar-refractivity contribution in [2.24, 2.45) is 0 Å². The molecule has 28 heavy (non-hydrogen) atoms. The first-order valence-corrected chi connectivity index (χ1v) is 11.2. The van der Waals surface area contributed by atoms with Gasteiger partial charge in [0.15, 0.2) is 0 Å². The van der Waals surface area contributed by atoms with Gasteiger partial charge in [0.05, 0.1) is 25.1 Å². The molecule has 6 nitrogen and oxygen atoms in total. The molecule has 1 amide bonds. The monoisotopic (exact) mass is 422 g/mol. The molecule has 1 aliphatic rings. The van der Waals surface area contributed by atoms with Gasteiger partial charge in [0.1, 0.15) is 12.3 Å². The zero-order valence-corrected chi connectivity index (χ0v) is 17.4. The Morgan fingerprint density at radius 3 is 2.75 bits per heavy atom. The number of halogens is 1.